The molecule has 13 heteroatoms. The van der Waals surface area contributed by atoms with E-state index in [-0.39, 0.29) is 55.1 Å². The molecule has 1 N–H and O–H groups in total. The van der Waals surface area contributed by atoms with Crippen molar-refractivity contribution < 1.29 is 38.5 Å². The average molecular weight is 634 g/mol. The number of nitrogens with zero attached hydrogens (tertiary/aromatic N) is 2. The Morgan fingerprint density at radius 1 is 1.09 bits per heavy atom. The third-order valence-electron chi connectivity index (χ3n) is 6.84. The van der Waals surface area contributed by atoms with Gasteiger partial charge in [0.05, 0.1) is 19.2 Å². The van der Waals surface area contributed by atoms with E-state index in [2.05, 4.69) is 22.0 Å². The first-order valence-corrected chi connectivity index (χ1v) is 14.4. The summed E-state index contributed by atoms with van der Waals surface area (Å²) in [7, 11) is 1.43. The molecule has 0 radical (unpaired) electrons. The Labute approximate surface area is 263 Å². The number of hydrogen-bond donors (Lipinski definition) is 1. The van der Waals surface area contributed by atoms with E-state index in [0.29, 0.717) is 17.5 Å². The summed E-state index contributed by atoms with van der Waals surface area (Å²) in [5.74, 6) is -0.958. The molecule has 0 aliphatic carbocycles. The molecule has 1 fully saturated rings. The number of esters is 2. The molecule has 1 unspecified atom stereocenters. The minimum absolute atomic E-state index is 0. The lowest BCUT2D eigenvalue weighted by Crippen LogP contribution is -2.35. The van der Waals surface area contributed by atoms with Crippen LogP contribution in [0.4, 0.5) is 0 Å². The van der Waals surface area contributed by atoms with Gasteiger partial charge in [0.1, 0.15) is 12.7 Å². The van der Waals surface area contributed by atoms with E-state index in [1.54, 1.807) is 42.5 Å². The summed E-state index contributed by atoms with van der Waals surface area (Å²) < 4.78 is 17.1. The largest absolute Gasteiger partial charge is 0.493 e. The zero-order valence-electron chi connectivity index (χ0n) is 25.0. The summed E-state index contributed by atoms with van der Waals surface area (Å²) in [6.45, 7) is 3.75. The second-order valence-corrected chi connectivity index (χ2v) is 10.0. The van der Waals surface area contributed by atoms with Gasteiger partial charge in [0.15, 0.2) is 11.5 Å². The fourth-order valence-electron chi connectivity index (χ4n) is 4.68. The van der Waals surface area contributed by atoms with Crippen LogP contribution in [0.5, 0.6) is 11.5 Å². The second kappa shape index (κ2) is 19.2. The molecule has 44 heavy (non-hydrogen) atoms. The molecule has 2 aromatic rings. The van der Waals surface area contributed by atoms with Crippen molar-refractivity contribution >= 4 is 36.3 Å². The number of ether oxygens (including phenoxy) is 3. The van der Waals surface area contributed by atoms with Crippen LogP contribution in [0.1, 0.15) is 73.0 Å². The fourth-order valence-corrected chi connectivity index (χ4v) is 4.68. The van der Waals surface area contributed by atoms with Gasteiger partial charge in [0.2, 0.25) is 5.91 Å². The van der Waals surface area contributed by atoms with Crippen LogP contribution in [0.2, 0.25) is 0 Å². The number of rotatable bonds is 16. The van der Waals surface area contributed by atoms with Gasteiger partial charge in [-0.1, -0.05) is 44.0 Å². The standard InChI is InChI=1S/C31H39N3O9.ClH/c1-3-4-12-26(42-30(36)22-33-18-8-5-9-19-33)24-10-6-7-11-25(24)31(37)43-27-15-13-23(21-28(27)40-2)14-16-29(35)32-17-20-41-34(38)39;/h6-7,10-11,13-16,21,26H,3-5,8-9,12,17-20,22H2,1-2H3,(H,32,35);1H/b16-14+;. The number of benzene rings is 2. The molecule has 1 atom stereocenters. The van der Waals surface area contributed by atoms with Crippen LogP contribution in [0.25, 0.3) is 6.08 Å². The van der Waals surface area contributed by atoms with Crippen molar-refractivity contribution in [3.05, 3.63) is 75.3 Å². The Kier molecular flexibility index (Phi) is 15.7. The summed E-state index contributed by atoms with van der Waals surface area (Å²) in [6.07, 6.45) is 7.80. The Bertz CT molecular complexity index is 1280. The van der Waals surface area contributed by atoms with Gasteiger partial charge in [0.25, 0.3) is 5.09 Å². The van der Waals surface area contributed by atoms with Crippen molar-refractivity contribution in [2.75, 3.05) is 39.9 Å². The Hall–Kier alpha value is -4.16. The zero-order chi connectivity index (χ0) is 31.0. The van der Waals surface area contributed by atoms with E-state index in [4.69, 9.17) is 14.2 Å². The minimum atomic E-state index is -0.932. The van der Waals surface area contributed by atoms with Gasteiger partial charge < -0.3 is 24.4 Å². The maximum atomic E-state index is 13.4. The van der Waals surface area contributed by atoms with E-state index in [0.717, 1.165) is 38.8 Å². The number of piperidine rings is 1. The molecular formula is C31H40ClN3O9. The highest BCUT2D eigenvalue weighted by atomic mass is 35.5. The van der Waals surface area contributed by atoms with Gasteiger partial charge in [-0.25, -0.2) is 4.79 Å². The average Bonchev–Trinajstić information content (AvgIpc) is 3.01. The van der Waals surface area contributed by atoms with Crippen LogP contribution < -0.4 is 14.8 Å². The maximum Gasteiger partial charge on any atom is 0.344 e. The van der Waals surface area contributed by atoms with E-state index >= 15 is 0 Å². The van der Waals surface area contributed by atoms with Crippen LogP contribution in [-0.2, 0) is 19.2 Å². The van der Waals surface area contributed by atoms with Gasteiger partial charge in [-0.15, -0.1) is 22.5 Å². The Balaban J connectivity index is 0.00000675. The quantitative estimate of drug-likeness (QED) is 0.0674. The van der Waals surface area contributed by atoms with Crippen molar-refractivity contribution in [3.8, 4) is 11.5 Å². The second-order valence-electron chi connectivity index (χ2n) is 10.0. The summed E-state index contributed by atoms with van der Waals surface area (Å²) in [5, 5.41) is 11.7. The topological polar surface area (TPSA) is 147 Å². The van der Waals surface area contributed by atoms with Gasteiger partial charge in [-0.2, -0.15) is 0 Å². The molecule has 0 saturated carbocycles. The van der Waals surface area contributed by atoms with Crippen LogP contribution in [0.15, 0.2) is 48.5 Å². The first kappa shape index (κ1) is 36.0. The number of methoxy groups -OCH3 is 1. The number of unbranched alkanes of at least 4 members (excludes halogenated alkanes) is 1. The number of carbonyl (C=O) groups excluding carboxylic acids is 3. The first-order valence-electron chi connectivity index (χ1n) is 14.4. The smallest absolute Gasteiger partial charge is 0.344 e. The predicted molar refractivity (Wildman–Crippen MR) is 165 cm³/mol. The van der Waals surface area contributed by atoms with E-state index in [1.165, 1.54) is 25.7 Å². The van der Waals surface area contributed by atoms with Crippen molar-refractivity contribution in [2.45, 2.75) is 51.6 Å². The van der Waals surface area contributed by atoms with Gasteiger partial charge >= 0.3 is 11.9 Å². The highest BCUT2D eigenvalue weighted by Crippen LogP contribution is 2.32. The highest BCUT2D eigenvalue weighted by molar-refractivity contribution is 5.94. The number of nitrogens with one attached hydrogen (secondary N) is 1. The van der Waals surface area contributed by atoms with Crippen molar-refractivity contribution in [2.24, 2.45) is 0 Å². The predicted octanol–water partition coefficient (Wildman–Crippen LogP) is 4.93. The minimum Gasteiger partial charge on any atom is -0.493 e. The van der Waals surface area contributed by atoms with Crippen molar-refractivity contribution in [3.63, 3.8) is 0 Å². The third kappa shape index (κ3) is 11.8. The van der Waals surface area contributed by atoms with Gasteiger partial charge in [-0.05, 0) is 68.6 Å². The van der Waals surface area contributed by atoms with Crippen LogP contribution in [0, 0.1) is 10.1 Å². The zero-order valence-corrected chi connectivity index (χ0v) is 25.8. The van der Waals surface area contributed by atoms with E-state index in [1.807, 2.05) is 0 Å². The third-order valence-corrected chi connectivity index (χ3v) is 6.84. The molecule has 12 nitrogen and oxygen atoms in total. The fraction of sp³-hybridized carbons (Fsp3) is 0.452. The number of amides is 1. The Morgan fingerprint density at radius 2 is 1.84 bits per heavy atom. The SMILES string of the molecule is CCCCC(OC(=O)CN1CCCCC1)c1ccccc1C(=O)Oc1ccc(/C=C/C(=O)NCCO[N+](=O)[O-])cc1OC.Cl. The van der Waals surface area contributed by atoms with Crippen LogP contribution >= 0.6 is 12.4 Å². The molecule has 1 aliphatic heterocycles. The Morgan fingerprint density at radius 3 is 2.55 bits per heavy atom. The molecule has 1 aliphatic rings. The lowest BCUT2D eigenvalue weighted by molar-refractivity contribution is -0.757. The van der Waals surface area contributed by atoms with Gasteiger partial charge in [-0.3, -0.25) is 14.5 Å². The number of halogens is 1. The lowest BCUT2D eigenvalue weighted by Gasteiger charge is -2.27. The van der Waals surface area contributed by atoms with E-state index in [9.17, 15) is 24.5 Å². The monoisotopic (exact) mass is 633 g/mol. The molecule has 1 saturated heterocycles. The maximum absolute atomic E-state index is 13.4. The molecule has 1 heterocycles. The molecular weight excluding hydrogens is 594 g/mol. The van der Waals surface area contributed by atoms with Crippen LogP contribution in [-0.4, -0.2) is 67.7 Å². The van der Waals surface area contributed by atoms with E-state index < -0.39 is 23.1 Å². The molecule has 240 valence electrons. The lowest BCUT2D eigenvalue weighted by atomic mass is 9.98. The van der Waals surface area contributed by atoms with Crippen LogP contribution in [0.3, 0.4) is 0 Å². The molecule has 1 amide bonds. The summed E-state index contributed by atoms with van der Waals surface area (Å²) in [4.78, 5) is 54.6. The molecule has 0 bridgehead atoms. The molecule has 0 spiro atoms. The van der Waals surface area contributed by atoms with Crippen molar-refractivity contribution in [1.82, 2.24) is 10.2 Å². The van der Waals surface area contributed by atoms with Crippen molar-refractivity contribution in [1.29, 1.82) is 0 Å². The number of likely N-dealkylation sites (tertiary alicyclic amines) is 1. The first-order chi connectivity index (χ1) is 20.8. The molecule has 3 rings (SSSR count). The number of carbonyl (C=O) groups is 3. The normalized spacial score (nSPS) is 13.8. The molecule has 2 aromatic carbocycles. The molecule has 0 aromatic heterocycles. The van der Waals surface area contributed by atoms with Gasteiger partial charge in [0, 0.05) is 18.2 Å². The summed E-state index contributed by atoms with van der Waals surface area (Å²) in [6, 6.07) is 11.8. The number of hydrogen-bond acceptors (Lipinski definition) is 10. The summed E-state index contributed by atoms with van der Waals surface area (Å²) >= 11 is 0. The summed E-state index contributed by atoms with van der Waals surface area (Å²) in [5.41, 5.74) is 1.47. The highest BCUT2D eigenvalue weighted by Gasteiger charge is 2.25.